The normalized spacial score (nSPS) is 16.4. The van der Waals surface area contributed by atoms with Crippen molar-refractivity contribution in [2.24, 2.45) is 12.5 Å². The van der Waals surface area contributed by atoms with Gasteiger partial charge in [-0.05, 0) is 19.3 Å². The molecule has 0 aliphatic carbocycles. The maximum atomic E-state index is 4.18. The first-order chi connectivity index (χ1) is 6.80. The van der Waals surface area contributed by atoms with Gasteiger partial charge in [0.25, 0.3) is 0 Å². The summed E-state index contributed by atoms with van der Waals surface area (Å²) >= 11 is 0. The quantitative estimate of drug-likeness (QED) is 0.829. The van der Waals surface area contributed by atoms with E-state index in [1.165, 1.54) is 5.56 Å². The summed E-state index contributed by atoms with van der Waals surface area (Å²) in [4.78, 5) is 0. The summed E-state index contributed by atoms with van der Waals surface area (Å²) in [6, 6.07) is 0.834. The van der Waals surface area contributed by atoms with Crippen LogP contribution in [0.3, 0.4) is 0 Å². The van der Waals surface area contributed by atoms with Crippen molar-refractivity contribution < 1.29 is 0 Å². The van der Waals surface area contributed by atoms with Crippen LogP contribution in [0.5, 0.6) is 0 Å². The second kappa shape index (κ2) is 4.35. The number of hydrogen-bond acceptors (Lipinski definition) is 2. The van der Waals surface area contributed by atoms with E-state index in [1.807, 2.05) is 17.9 Å². The first-order valence-corrected chi connectivity index (χ1v) is 5.55. The molecule has 3 heteroatoms. The average Bonchev–Trinajstić information content (AvgIpc) is 2.50. The second-order valence-corrected chi connectivity index (χ2v) is 5.42. The minimum Gasteiger partial charge on any atom is -0.307 e. The molecule has 0 fully saturated rings. The molecule has 1 heterocycles. The van der Waals surface area contributed by atoms with Crippen LogP contribution in [-0.4, -0.2) is 15.8 Å². The van der Waals surface area contributed by atoms with E-state index in [9.17, 15) is 0 Å². The summed E-state index contributed by atoms with van der Waals surface area (Å²) in [7, 11) is 1.95. The average molecular weight is 209 g/mol. The van der Waals surface area contributed by atoms with Crippen molar-refractivity contribution in [1.29, 1.82) is 0 Å². The lowest BCUT2D eigenvalue weighted by molar-refractivity contribution is 0.268. The lowest BCUT2D eigenvalue weighted by atomic mass is 9.87. The summed E-state index contributed by atoms with van der Waals surface area (Å²) in [5.41, 5.74) is 1.53. The zero-order valence-corrected chi connectivity index (χ0v) is 10.7. The Morgan fingerprint density at radius 3 is 2.33 bits per heavy atom. The molecule has 1 aromatic heterocycles. The Morgan fingerprint density at radius 2 is 1.93 bits per heavy atom. The van der Waals surface area contributed by atoms with Crippen LogP contribution >= 0.6 is 0 Å². The maximum Gasteiger partial charge on any atom is 0.0537 e. The molecule has 0 aromatic carbocycles. The van der Waals surface area contributed by atoms with Crippen molar-refractivity contribution in [3.05, 3.63) is 18.0 Å². The highest BCUT2D eigenvalue weighted by Crippen LogP contribution is 2.22. The van der Waals surface area contributed by atoms with Gasteiger partial charge in [0.05, 0.1) is 6.20 Å². The highest BCUT2D eigenvalue weighted by molar-refractivity contribution is 5.09. The summed E-state index contributed by atoms with van der Waals surface area (Å²) < 4.78 is 1.84. The number of hydrogen-bond donors (Lipinski definition) is 1. The summed E-state index contributed by atoms with van der Waals surface area (Å²) in [6.07, 6.45) is 3.99. The van der Waals surface area contributed by atoms with Crippen molar-refractivity contribution in [2.45, 2.75) is 46.7 Å². The van der Waals surface area contributed by atoms with Crippen LogP contribution in [0.25, 0.3) is 0 Å². The Labute approximate surface area is 92.9 Å². The van der Waals surface area contributed by atoms with E-state index in [1.54, 1.807) is 0 Å². The predicted molar refractivity (Wildman–Crippen MR) is 63.7 cm³/mol. The summed E-state index contributed by atoms with van der Waals surface area (Å²) in [5.74, 6) is 0. The van der Waals surface area contributed by atoms with Crippen molar-refractivity contribution in [3.63, 3.8) is 0 Å². The molecule has 0 aliphatic rings. The van der Waals surface area contributed by atoms with Gasteiger partial charge in [0.1, 0.15) is 0 Å². The molecule has 15 heavy (non-hydrogen) atoms. The number of aryl methyl sites for hydroxylation is 1. The maximum absolute atomic E-state index is 4.18. The third-order valence-corrected chi connectivity index (χ3v) is 3.02. The smallest absolute Gasteiger partial charge is 0.0537 e. The lowest BCUT2D eigenvalue weighted by Crippen LogP contribution is -2.38. The van der Waals surface area contributed by atoms with Crippen molar-refractivity contribution in [3.8, 4) is 0 Å². The fourth-order valence-electron chi connectivity index (χ4n) is 1.38. The zero-order chi connectivity index (χ0) is 11.6. The number of nitrogens with one attached hydrogen (secondary N) is 1. The molecule has 0 radical (unpaired) electrons. The molecule has 2 atom stereocenters. The standard InChI is InChI=1S/C12H23N3/c1-9(11-7-13-15(6)8-11)14-10(2)12(3,4)5/h7-10,14H,1-6H3. The third-order valence-electron chi connectivity index (χ3n) is 3.02. The van der Waals surface area contributed by atoms with Crippen LogP contribution in [0.4, 0.5) is 0 Å². The minimum atomic E-state index is 0.288. The molecule has 0 spiro atoms. The molecule has 0 aliphatic heterocycles. The van der Waals surface area contributed by atoms with Crippen molar-refractivity contribution >= 4 is 0 Å². The first-order valence-electron chi connectivity index (χ1n) is 5.55. The van der Waals surface area contributed by atoms with E-state index in [-0.39, 0.29) is 5.41 Å². The van der Waals surface area contributed by atoms with E-state index >= 15 is 0 Å². The topological polar surface area (TPSA) is 29.9 Å². The Balaban J connectivity index is 2.60. The lowest BCUT2D eigenvalue weighted by Gasteiger charge is -2.30. The molecule has 0 saturated carbocycles. The SMILES string of the molecule is CC(NC(C)C(C)(C)C)c1cnn(C)c1. The van der Waals surface area contributed by atoms with Crippen LogP contribution in [0.1, 0.15) is 46.2 Å². The molecule has 2 unspecified atom stereocenters. The van der Waals surface area contributed by atoms with Gasteiger partial charge in [-0.25, -0.2) is 0 Å². The molecular weight excluding hydrogens is 186 g/mol. The second-order valence-electron chi connectivity index (χ2n) is 5.42. The fraction of sp³-hybridized carbons (Fsp3) is 0.750. The highest BCUT2D eigenvalue weighted by atomic mass is 15.2. The summed E-state index contributed by atoms with van der Waals surface area (Å²) in [5, 5.41) is 7.78. The van der Waals surface area contributed by atoms with Crippen LogP contribution in [0.15, 0.2) is 12.4 Å². The Morgan fingerprint density at radius 1 is 1.33 bits per heavy atom. The fourth-order valence-corrected chi connectivity index (χ4v) is 1.38. The Kier molecular flexibility index (Phi) is 3.55. The van der Waals surface area contributed by atoms with Gasteiger partial charge in [0.15, 0.2) is 0 Å². The van der Waals surface area contributed by atoms with Gasteiger partial charge in [-0.15, -0.1) is 0 Å². The number of rotatable bonds is 3. The van der Waals surface area contributed by atoms with Gasteiger partial charge in [-0.2, -0.15) is 5.10 Å². The van der Waals surface area contributed by atoms with E-state index < -0.39 is 0 Å². The van der Waals surface area contributed by atoms with Crippen LogP contribution in [-0.2, 0) is 7.05 Å². The minimum absolute atomic E-state index is 0.288. The third kappa shape index (κ3) is 3.34. The van der Waals surface area contributed by atoms with E-state index in [0.717, 1.165) is 0 Å². The van der Waals surface area contributed by atoms with Crippen LogP contribution in [0.2, 0.25) is 0 Å². The van der Waals surface area contributed by atoms with Gasteiger partial charge in [0.2, 0.25) is 0 Å². The van der Waals surface area contributed by atoms with Crippen LogP contribution in [0, 0.1) is 5.41 Å². The molecule has 1 rings (SSSR count). The van der Waals surface area contributed by atoms with Crippen LogP contribution < -0.4 is 5.32 Å². The highest BCUT2D eigenvalue weighted by Gasteiger charge is 2.21. The molecule has 0 amide bonds. The Bertz CT molecular complexity index is 309. The predicted octanol–water partition coefficient (Wildman–Crippen LogP) is 2.51. The molecule has 1 aromatic rings. The van der Waals surface area contributed by atoms with Gasteiger partial charge in [0, 0.05) is 30.9 Å². The van der Waals surface area contributed by atoms with E-state index in [2.05, 4.69) is 51.2 Å². The summed E-state index contributed by atoms with van der Waals surface area (Å²) in [6.45, 7) is 11.2. The van der Waals surface area contributed by atoms with Gasteiger partial charge in [-0.3, -0.25) is 4.68 Å². The monoisotopic (exact) mass is 209 g/mol. The van der Waals surface area contributed by atoms with Crippen molar-refractivity contribution in [2.75, 3.05) is 0 Å². The molecule has 0 bridgehead atoms. The largest absolute Gasteiger partial charge is 0.307 e. The molecule has 86 valence electrons. The van der Waals surface area contributed by atoms with Gasteiger partial charge < -0.3 is 5.32 Å². The van der Waals surface area contributed by atoms with Gasteiger partial charge >= 0.3 is 0 Å². The molecule has 3 nitrogen and oxygen atoms in total. The van der Waals surface area contributed by atoms with E-state index in [0.29, 0.717) is 12.1 Å². The number of nitrogens with zero attached hydrogens (tertiary/aromatic N) is 2. The molecule has 0 saturated heterocycles. The van der Waals surface area contributed by atoms with Crippen molar-refractivity contribution in [1.82, 2.24) is 15.1 Å². The van der Waals surface area contributed by atoms with E-state index in [4.69, 9.17) is 0 Å². The van der Waals surface area contributed by atoms with Gasteiger partial charge in [-0.1, -0.05) is 20.8 Å². The zero-order valence-electron chi connectivity index (χ0n) is 10.7. The molecular formula is C12H23N3. The number of aromatic nitrogens is 2. The Hall–Kier alpha value is -0.830. The first kappa shape index (κ1) is 12.2. The molecule has 1 N–H and O–H groups in total.